The van der Waals surface area contributed by atoms with Gasteiger partial charge in [0.05, 0.1) is 40.8 Å². The van der Waals surface area contributed by atoms with E-state index in [2.05, 4.69) is 22.0 Å². The molecule has 3 heterocycles. The molecule has 0 aliphatic rings. The molecule has 1 atom stereocenters. The lowest BCUT2D eigenvalue weighted by molar-refractivity contribution is 0.397. The molecule has 0 saturated heterocycles. The molecule has 0 amide bonds. The summed E-state index contributed by atoms with van der Waals surface area (Å²) in [6.45, 7) is 4.73. The fraction of sp³-hybridized carbons (Fsp3) is 0.269. The van der Waals surface area contributed by atoms with E-state index in [0.29, 0.717) is 29.6 Å². The van der Waals surface area contributed by atoms with Gasteiger partial charge >= 0.3 is 0 Å². The van der Waals surface area contributed by atoms with Crippen molar-refractivity contribution in [3.05, 3.63) is 70.4 Å². The van der Waals surface area contributed by atoms with Crippen molar-refractivity contribution in [2.75, 3.05) is 19.4 Å². The zero-order chi connectivity index (χ0) is 26.0. The first-order valence-corrected chi connectivity index (χ1v) is 11.9. The van der Waals surface area contributed by atoms with Crippen LogP contribution in [0.1, 0.15) is 30.0 Å². The van der Waals surface area contributed by atoms with Crippen LogP contribution < -0.4 is 21.9 Å². The third kappa shape index (κ3) is 4.98. The van der Waals surface area contributed by atoms with Gasteiger partial charge in [0.2, 0.25) is 5.88 Å². The smallest absolute Gasteiger partial charge is 0.213 e. The van der Waals surface area contributed by atoms with Crippen LogP contribution in [0.5, 0.6) is 5.88 Å². The number of hydrogen-bond donors (Lipinski definition) is 3. The average molecular weight is 510 g/mol. The minimum atomic E-state index is -0.469. The highest BCUT2D eigenvalue weighted by Gasteiger charge is 2.22. The maximum atomic E-state index is 13.7. The van der Waals surface area contributed by atoms with Gasteiger partial charge in [-0.1, -0.05) is 18.5 Å². The van der Waals surface area contributed by atoms with Crippen LogP contribution >= 0.6 is 11.6 Å². The van der Waals surface area contributed by atoms with Gasteiger partial charge in [-0.3, -0.25) is 0 Å². The maximum Gasteiger partial charge on any atom is 0.213 e. The van der Waals surface area contributed by atoms with Crippen molar-refractivity contribution in [3.63, 3.8) is 0 Å². The lowest BCUT2D eigenvalue weighted by atomic mass is 9.92. The first-order valence-electron chi connectivity index (χ1n) is 11.5. The molecule has 3 aromatic heterocycles. The summed E-state index contributed by atoms with van der Waals surface area (Å²) in [6, 6.07) is 5.79. The lowest BCUT2D eigenvalue weighted by Crippen LogP contribution is -2.17. The van der Waals surface area contributed by atoms with Gasteiger partial charge in [-0.2, -0.15) is 5.10 Å². The molecule has 0 aliphatic heterocycles. The molecule has 0 bridgehead atoms. The molecule has 36 heavy (non-hydrogen) atoms. The molecule has 10 heteroatoms. The van der Waals surface area contributed by atoms with E-state index in [1.807, 2.05) is 19.2 Å². The Kier molecular flexibility index (Phi) is 7.42. The molecule has 0 saturated carbocycles. The van der Waals surface area contributed by atoms with Gasteiger partial charge < -0.3 is 21.9 Å². The Morgan fingerprint density at radius 1 is 1.25 bits per heavy atom. The average Bonchev–Trinajstić information content (AvgIpc) is 3.20. The van der Waals surface area contributed by atoms with Gasteiger partial charge in [-0.15, -0.1) is 0 Å². The summed E-state index contributed by atoms with van der Waals surface area (Å²) in [5.41, 5.74) is 24.5. The SMILES string of the molecule is COc1cc(C)c(-c2cn3ncc(/C(N)=N/c4cc(F)ccc4Cl)c(N)c3c2CC(C)CCN)cn1. The highest BCUT2D eigenvalue weighted by Crippen LogP contribution is 2.36. The fourth-order valence-corrected chi connectivity index (χ4v) is 4.45. The highest BCUT2D eigenvalue weighted by atomic mass is 35.5. The normalized spacial score (nSPS) is 12.8. The molecule has 1 aromatic carbocycles. The van der Waals surface area contributed by atoms with Crippen LogP contribution in [0.2, 0.25) is 5.02 Å². The summed E-state index contributed by atoms with van der Waals surface area (Å²) < 4.78 is 20.8. The Balaban J connectivity index is 1.91. The van der Waals surface area contributed by atoms with Crippen molar-refractivity contribution < 1.29 is 9.13 Å². The molecule has 0 radical (unpaired) electrons. The van der Waals surface area contributed by atoms with E-state index >= 15 is 0 Å². The Morgan fingerprint density at radius 3 is 2.72 bits per heavy atom. The van der Waals surface area contributed by atoms with Crippen LogP contribution in [-0.2, 0) is 6.42 Å². The molecule has 4 aromatic rings. The lowest BCUT2D eigenvalue weighted by Gasteiger charge is -2.14. The topological polar surface area (TPSA) is 130 Å². The number of rotatable bonds is 8. The molecule has 1 unspecified atom stereocenters. The van der Waals surface area contributed by atoms with E-state index in [-0.39, 0.29) is 16.5 Å². The number of pyridine rings is 1. The van der Waals surface area contributed by atoms with Crippen LogP contribution in [0.4, 0.5) is 15.8 Å². The van der Waals surface area contributed by atoms with Gasteiger partial charge in [0.15, 0.2) is 0 Å². The Bertz CT molecular complexity index is 1450. The van der Waals surface area contributed by atoms with Crippen molar-refractivity contribution in [1.82, 2.24) is 14.6 Å². The summed E-state index contributed by atoms with van der Waals surface area (Å²) in [6.07, 6.45) is 6.85. The second-order valence-corrected chi connectivity index (χ2v) is 9.21. The van der Waals surface area contributed by atoms with Gasteiger partial charge in [-0.25, -0.2) is 18.9 Å². The van der Waals surface area contributed by atoms with Crippen LogP contribution in [-0.4, -0.2) is 34.1 Å². The molecule has 0 spiro atoms. The number of amidine groups is 1. The Morgan fingerprint density at radius 2 is 2.03 bits per heavy atom. The number of aliphatic imine (C=N–C) groups is 1. The molecule has 188 valence electrons. The number of nitrogen functional groups attached to an aromatic ring is 1. The van der Waals surface area contributed by atoms with Crippen LogP contribution in [0.25, 0.3) is 16.6 Å². The predicted octanol–water partition coefficient (Wildman–Crippen LogP) is 4.65. The summed E-state index contributed by atoms with van der Waals surface area (Å²) in [4.78, 5) is 8.73. The first kappa shape index (κ1) is 25.4. The number of aromatic nitrogens is 3. The number of benzene rings is 1. The molecule has 4 rings (SSSR count). The molecule has 6 N–H and O–H groups in total. The third-order valence-corrected chi connectivity index (χ3v) is 6.49. The minimum absolute atomic E-state index is 0.0843. The largest absolute Gasteiger partial charge is 0.481 e. The molecule has 0 aliphatic carbocycles. The van der Waals surface area contributed by atoms with Crippen LogP contribution in [0.3, 0.4) is 0 Å². The van der Waals surface area contributed by atoms with Crippen molar-refractivity contribution in [2.24, 2.45) is 22.4 Å². The molecular formula is C26H29ClFN7O. The van der Waals surface area contributed by atoms with Crippen LogP contribution in [0, 0.1) is 18.7 Å². The van der Waals surface area contributed by atoms with E-state index in [1.165, 1.54) is 18.2 Å². The van der Waals surface area contributed by atoms with Gasteiger partial charge in [0, 0.05) is 35.7 Å². The van der Waals surface area contributed by atoms with Gasteiger partial charge in [0.25, 0.3) is 0 Å². The maximum absolute atomic E-state index is 13.7. The predicted molar refractivity (Wildman–Crippen MR) is 142 cm³/mol. The van der Waals surface area contributed by atoms with E-state index in [1.54, 1.807) is 24.0 Å². The van der Waals surface area contributed by atoms with Gasteiger partial charge in [0.1, 0.15) is 11.7 Å². The third-order valence-electron chi connectivity index (χ3n) is 6.17. The van der Waals surface area contributed by atoms with E-state index < -0.39 is 5.82 Å². The quantitative estimate of drug-likeness (QED) is 0.234. The first-order chi connectivity index (χ1) is 17.2. The van der Waals surface area contributed by atoms with Gasteiger partial charge in [-0.05, 0) is 55.5 Å². The van der Waals surface area contributed by atoms with Crippen molar-refractivity contribution in [3.8, 4) is 17.0 Å². The Labute approximate surface area is 213 Å². The zero-order valence-electron chi connectivity index (χ0n) is 20.4. The number of anilines is 1. The number of ether oxygens (including phenoxy) is 1. The van der Waals surface area contributed by atoms with Crippen molar-refractivity contribution in [1.29, 1.82) is 0 Å². The molecular weight excluding hydrogens is 481 g/mol. The minimum Gasteiger partial charge on any atom is -0.481 e. The van der Waals surface area contributed by atoms with Crippen LogP contribution in [0.15, 0.2) is 47.8 Å². The number of aryl methyl sites for hydroxylation is 1. The summed E-state index contributed by atoms with van der Waals surface area (Å²) >= 11 is 6.18. The number of nitrogens with two attached hydrogens (primary N) is 3. The summed E-state index contributed by atoms with van der Waals surface area (Å²) in [7, 11) is 1.59. The summed E-state index contributed by atoms with van der Waals surface area (Å²) in [5.74, 6) is 0.453. The fourth-order valence-electron chi connectivity index (χ4n) is 4.29. The van der Waals surface area contributed by atoms with Crippen molar-refractivity contribution >= 4 is 34.3 Å². The van der Waals surface area contributed by atoms with E-state index in [0.717, 1.165) is 40.6 Å². The number of nitrogens with zero attached hydrogens (tertiary/aromatic N) is 4. The monoisotopic (exact) mass is 509 g/mol. The molecule has 0 fully saturated rings. The number of halogens is 2. The Hall–Kier alpha value is -3.69. The second kappa shape index (κ2) is 10.5. The van der Waals surface area contributed by atoms with Crippen molar-refractivity contribution in [2.45, 2.75) is 26.7 Å². The number of fused-ring (bicyclic) bond motifs is 1. The second-order valence-electron chi connectivity index (χ2n) is 8.81. The van der Waals surface area contributed by atoms with E-state index in [4.69, 9.17) is 33.5 Å². The number of hydrogen-bond acceptors (Lipinski definition) is 6. The zero-order valence-corrected chi connectivity index (χ0v) is 21.2. The van der Waals surface area contributed by atoms with E-state index in [9.17, 15) is 4.39 Å². The standard InChI is InChI=1S/C26H29ClFN7O/c1-14(6-7-29)8-17-20(18-11-32-23(36-3)9-15(18)2)13-35-25(17)24(30)19(12-33-35)26(31)34-22-10-16(28)4-5-21(22)27/h4-5,9-14H,6-8,29-30H2,1-3H3,(H2,31,34). The highest BCUT2D eigenvalue weighted by molar-refractivity contribution is 6.33. The summed E-state index contributed by atoms with van der Waals surface area (Å²) in [5, 5.41) is 4.84. The number of methoxy groups -OCH3 is 1. The molecule has 8 nitrogen and oxygen atoms in total.